The second-order valence-electron chi connectivity index (χ2n) is 19.2. The predicted molar refractivity (Wildman–Crippen MR) is 237 cm³/mol. The van der Waals surface area contributed by atoms with Crippen LogP contribution in [0.2, 0.25) is 0 Å². The molecule has 3 saturated heterocycles. The summed E-state index contributed by atoms with van der Waals surface area (Å²) < 4.78 is 57.3. The van der Waals surface area contributed by atoms with Crippen LogP contribution in [-0.4, -0.2) is 133 Å². The number of aliphatic hydroxyl groups excluding tert-OH is 1. The number of fused-ring (bicyclic) bond motifs is 1. The molecule has 1 unspecified atom stereocenters. The van der Waals surface area contributed by atoms with Crippen molar-refractivity contribution in [2.24, 2.45) is 11.8 Å². The van der Waals surface area contributed by atoms with Gasteiger partial charge in [0.25, 0.3) is 0 Å². The Morgan fingerprint density at radius 3 is 2.18 bits per heavy atom. The molecule has 0 radical (unpaired) electrons. The first kappa shape index (κ1) is 51.2. The number of carbonyl (C=O) groups is 5. The maximum atomic E-state index is 14.2. The van der Waals surface area contributed by atoms with Gasteiger partial charge in [-0.3, -0.25) is 14.4 Å². The first-order valence-corrected chi connectivity index (χ1v) is 23.7. The number of hydrogen-bond acceptors (Lipinski definition) is 13. The number of likely N-dealkylation sites (tertiary alicyclic amines) is 1. The molecular weight excluding hydrogens is 863 g/mol. The third-order valence-electron chi connectivity index (χ3n) is 10.9. The smallest absolute Gasteiger partial charge is 0.408 e. The van der Waals surface area contributed by atoms with Gasteiger partial charge >= 0.3 is 18.2 Å². The van der Waals surface area contributed by atoms with Gasteiger partial charge < -0.3 is 49.6 Å². The van der Waals surface area contributed by atoms with Crippen molar-refractivity contribution in [3.63, 3.8) is 0 Å². The van der Waals surface area contributed by atoms with E-state index in [0.717, 1.165) is 5.56 Å². The molecule has 0 aliphatic carbocycles. The average molecular weight is 930 g/mol. The van der Waals surface area contributed by atoms with Gasteiger partial charge in [0.2, 0.25) is 21.8 Å². The molecule has 4 amide bonds. The summed E-state index contributed by atoms with van der Waals surface area (Å²) in [7, 11) is -4.18. The molecule has 0 saturated carbocycles. The van der Waals surface area contributed by atoms with Gasteiger partial charge in [-0.2, -0.15) is 4.31 Å². The van der Waals surface area contributed by atoms with Crippen LogP contribution in [-0.2, 0) is 61.1 Å². The second-order valence-corrected chi connectivity index (χ2v) is 21.2. The third-order valence-corrected chi connectivity index (χ3v) is 12.8. The monoisotopic (exact) mass is 929 g/mol. The number of sulfonamides is 1. The summed E-state index contributed by atoms with van der Waals surface area (Å²) >= 11 is 0. The number of hydrogen-bond donors (Lipinski definition) is 4. The Morgan fingerprint density at radius 2 is 1.54 bits per heavy atom. The summed E-state index contributed by atoms with van der Waals surface area (Å²) in [6.07, 6.45) is -2.67. The van der Waals surface area contributed by atoms with Gasteiger partial charge in [0, 0.05) is 26.2 Å². The Hall–Kier alpha value is -4.82. The predicted octanol–water partition coefficient (Wildman–Crippen LogP) is 4.03. The molecule has 0 spiro atoms. The number of ether oxygens (including phenoxy) is 5. The van der Waals surface area contributed by atoms with Crippen molar-refractivity contribution in [1.29, 1.82) is 0 Å². The molecule has 65 heavy (non-hydrogen) atoms. The largest absolute Gasteiger partial charge is 0.460 e. The fourth-order valence-corrected chi connectivity index (χ4v) is 9.60. The Kier molecular flexibility index (Phi) is 17.4. The van der Waals surface area contributed by atoms with Crippen molar-refractivity contribution in [3.8, 4) is 0 Å². The molecule has 7 atom stereocenters. The molecule has 5 rings (SSSR count). The Balaban J connectivity index is 1.23. The second kappa shape index (κ2) is 22.1. The van der Waals surface area contributed by atoms with Crippen LogP contribution in [0.3, 0.4) is 0 Å². The maximum absolute atomic E-state index is 14.2. The van der Waals surface area contributed by atoms with Crippen molar-refractivity contribution in [2.45, 2.75) is 147 Å². The number of nitrogens with zero attached hydrogens (tertiary/aromatic N) is 2. The summed E-state index contributed by atoms with van der Waals surface area (Å²) in [4.78, 5) is 67.5. The van der Waals surface area contributed by atoms with Crippen LogP contribution in [0, 0.1) is 11.8 Å². The fourth-order valence-electron chi connectivity index (χ4n) is 7.97. The number of amides is 4. The van der Waals surface area contributed by atoms with Gasteiger partial charge in [-0.05, 0) is 96.4 Å². The number of nitrogens with one attached hydrogen (secondary N) is 3. The van der Waals surface area contributed by atoms with E-state index in [4.69, 9.17) is 23.7 Å². The Labute approximate surface area is 382 Å². The van der Waals surface area contributed by atoms with E-state index in [9.17, 15) is 37.5 Å². The molecule has 3 aliphatic rings. The van der Waals surface area contributed by atoms with Crippen LogP contribution in [0.1, 0.15) is 92.2 Å². The minimum atomic E-state index is -4.18. The molecule has 19 heteroatoms. The SMILES string of the molecule is CC(C)CN(C[C@@H](O)[C@H](Cc1ccccc1)NC(=O)OC1CO[C@H]2OCC[C@@H]12)S(=O)(=O)c1ccc(CNC(=O)[C@@H]2CCCN2C(=O)[C@H](CC(=O)OC(C)(C)C)NC(=O)OC(C)(C)C)cc1. The summed E-state index contributed by atoms with van der Waals surface area (Å²) in [5, 5.41) is 19.8. The van der Waals surface area contributed by atoms with Crippen LogP contribution in [0.15, 0.2) is 59.5 Å². The standard InChI is InChI=1S/C46H67N5O13S/c1-29(2)26-50(27-37(52)34(23-30-13-10-9-11-14-30)48-43(56)62-38-28-61-42-33(38)20-22-60-42)65(58,59)32-18-16-31(17-19-32)25-47-40(54)36-15-12-21-51(36)41(55)35(24-39(53)63-45(3,4)5)49-44(57)64-46(6,7)8/h9-11,13-14,16-19,29,33-38,42,52H,12,15,20-28H2,1-8H3,(H,47,54)(H,48,56)(H,49,57)/t33-,34-,35-,36-,37+,38?,42+/m0/s1. The van der Waals surface area contributed by atoms with Crippen LogP contribution in [0.25, 0.3) is 0 Å². The zero-order chi connectivity index (χ0) is 47.7. The van der Waals surface area contributed by atoms with Crippen LogP contribution in [0.5, 0.6) is 0 Å². The summed E-state index contributed by atoms with van der Waals surface area (Å²) in [5.41, 5.74) is -0.320. The van der Waals surface area contributed by atoms with E-state index in [1.807, 2.05) is 44.2 Å². The molecule has 18 nitrogen and oxygen atoms in total. The molecule has 3 aliphatic heterocycles. The maximum Gasteiger partial charge on any atom is 0.408 e. The van der Waals surface area contributed by atoms with E-state index in [-0.39, 0.29) is 55.9 Å². The van der Waals surface area contributed by atoms with E-state index in [1.54, 1.807) is 53.7 Å². The number of alkyl carbamates (subject to hydrolysis) is 2. The molecule has 360 valence electrons. The lowest BCUT2D eigenvalue weighted by molar-refractivity contribution is -0.157. The van der Waals surface area contributed by atoms with Crippen molar-refractivity contribution < 1.29 is 61.2 Å². The van der Waals surface area contributed by atoms with E-state index < -0.39 is 94.2 Å². The van der Waals surface area contributed by atoms with Crippen LogP contribution in [0.4, 0.5) is 9.59 Å². The topological polar surface area (TPSA) is 228 Å². The highest BCUT2D eigenvalue weighted by molar-refractivity contribution is 7.89. The van der Waals surface area contributed by atoms with Crippen LogP contribution >= 0.6 is 0 Å². The molecular formula is C46H67N5O13S. The number of aliphatic hydroxyl groups is 1. The number of esters is 1. The van der Waals surface area contributed by atoms with E-state index in [2.05, 4.69) is 16.0 Å². The summed E-state index contributed by atoms with van der Waals surface area (Å²) in [5.74, 6) is -2.02. The highest BCUT2D eigenvalue weighted by Gasteiger charge is 2.44. The minimum Gasteiger partial charge on any atom is -0.460 e. The number of carbonyl (C=O) groups excluding carboxylic acids is 5. The van der Waals surface area contributed by atoms with Gasteiger partial charge in [-0.15, -0.1) is 0 Å². The quantitative estimate of drug-likeness (QED) is 0.123. The zero-order valence-corrected chi connectivity index (χ0v) is 39.6. The van der Waals surface area contributed by atoms with Gasteiger partial charge in [0.05, 0.1) is 42.6 Å². The molecule has 3 heterocycles. The van der Waals surface area contributed by atoms with E-state index >= 15 is 0 Å². The lowest BCUT2D eigenvalue weighted by atomic mass is 10.0. The molecule has 4 N–H and O–H groups in total. The van der Waals surface area contributed by atoms with Crippen molar-refractivity contribution in [1.82, 2.24) is 25.2 Å². The Morgan fingerprint density at radius 1 is 0.862 bits per heavy atom. The fraction of sp³-hybridized carbons (Fsp3) is 0.630. The number of benzene rings is 2. The van der Waals surface area contributed by atoms with Gasteiger partial charge in [-0.25, -0.2) is 18.0 Å². The first-order valence-electron chi connectivity index (χ1n) is 22.3. The van der Waals surface area contributed by atoms with Crippen molar-refractivity contribution >= 4 is 40.0 Å². The Bertz CT molecular complexity index is 2030. The molecule has 0 aromatic heterocycles. The highest BCUT2D eigenvalue weighted by atomic mass is 32.2. The molecule has 2 aromatic carbocycles. The number of rotatable bonds is 18. The molecule has 0 bridgehead atoms. The minimum absolute atomic E-state index is 0.00789. The summed E-state index contributed by atoms with van der Waals surface area (Å²) in [6, 6.07) is 12.0. The first-order chi connectivity index (χ1) is 30.5. The highest BCUT2D eigenvalue weighted by Crippen LogP contribution is 2.33. The lowest BCUT2D eigenvalue weighted by Crippen LogP contribution is -2.54. The van der Waals surface area contributed by atoms with E-state index in [1.165, 1.54) is 21.3 Å². The third kappa shape index (κ3) is 15.1. The van der Waals surface area contributed by atoms with Gasteiger partial charge in [0.15, 0.2) is 6.29 Å². The molecule has 3 fully saturated rings. The van der Waals surface area contributed by atoms with Crippen molar-refractivity contribution in [3.05, 3.63) is 65.7 Å². The summed E-state index contributed by atoms with van der Waals surface area (Å²) in [6.45, 7) is 14.4. The molecule has 2 aromatic rings. The van der Waals surface area contributed by atoms with Gasteiger partial charge in [-0.1, -0.05) is 56.3 Å². The van der Waals surface area contributed by atoms with Gasteiger partial charge in [0.1, 0.15) is 29.4 Å². The lowest BCUT2D eigenvalue weighted by Gasteiger charge is -2.31. The zero-order valence-electron chi connectivity index (χ0n) is 38.7. The van der Waals surface area contributed by atoms with Crippen molar-refractivity contribution in [2.75, 3.05) is 32.8 Å². The van der Waals surface area contributed by atoms with Crippen LogP contribution < -0.4 is 16.0 Å². The average Bonchev–Trinajstić information content (AvgIpc) is 3.98. The normalized spacial score (nSPS) is 21.3. The van der Waals surface area contributed by atoms with E-state index in [0.29, 0.717) is 31.4 Å².